The Bertz CT molecular complexity index is 7570. The van der Waals surface area contributed by atoms with Crippen molar-refractivity contribution in [2.24, 2.45) is 0 Å². The first-order valence-corrected chi connectivity index (χ1v) is 45.6. The molecule has 3 aromatic heterocycles. The third kappa shape index (κ3) is 12.6. The fourth-order valence-corrected chi connectivity index (χ4v) is 21.1. The highest BCUT2D eigenvalue weighted by Crippen LogP contribution is 2.58. The number of rotatable bonds is 6. The first kappa shape index (κ1) is 78.5. The SMILES string of the molecule is CC(C)(C)c1cccc(-c2cc(C(C)(C)C)cc3c2N2c4cc(-n5c6ccccc6c6c(-c7ccccc7)cccc65)ccc4B4c5ccc(-n6c7ccccc7c7c(-c8ccccc8)cccc76)cc5N(c5cc(C(C)(C)C)cc2c54)c2c(cc(C(C)(C)C)cc2-c2cccc(C(C)(C)C)c2)-c2cccc(c2)-c2ccc4oc5ccc(cc5c4c2)-c2cccc-3c2)c1. The maximum Gasteiger partial charge on any atom is 0.252 e. The third-order valence-corrected chi connectivity index (χ3v) is 27.9. The molecule has 20 aromatic rings. The molecule has 128 heavy (non-hydrogen) atoms. The van der Waals surface area contributed by atoms with Crippen LogP contribution in [0.3, 0.4) is 0 Å². The lowest BCUT2D eigenvalue weighted by Crippen LogP contribution is -2.61. The highest BCUT2D eigenvalue weighted by Gasteiger charge is 2.47. The molecular weight excluding hydrogens is 1550 g/mol. The lowest BCUT2D eigenvalue weighted by molar-refractivity contribution is 0.589. The molecule has 0 saturated carbocycles. The van der Waals surface area contributed by atoms with Crippen molar-refractivity contribution in [1.82, 2.24) is 9.13 Å². The van der Waals surface area contributed by atoms with Gasteiger partial charge in [-0.2, -0.15) is 0 Å². The van der Waals surface area contributed by atoms with Crippen molar-refractivity contribution in [2.75, 3.05) is 9.80 Å². The summed E-state index contributed by atoms with van der Waals surface area (Å²) in [6.07, 6.45) is 0. The van der Waals surface area contributed by atoms with Gasteiger partial charge in [-0.15, -0.1) is 0 Å². The van der Waals surface area contributed by atoms with Crippen LogP contribution in [0.25, 0.3) is 166 Å². The zero-order chi connectivity index (χ0) is 87.5. The zero-order valence-electron chi connectivity index (χ0n) is 75.8. The van der Waals surface area contributed by atoms with E-state index in [1.165, 1.54) is 88.0 Å². The Morgan fingerprint density at radius 3 is 0.945 bits per heavy atom. The molecule has 0 amide bonds. The average molecular weight is 1650 g/mol. The van der Waals surface area contributed by atoms with Crippen molar-refractivity contribution < 1.29 is 4.42 Å². The van der Waals surface area contributed by atoms with Crippen molar-refractivity contribution in [3.63, 3.8) is 0 Å². The van der Waals surface area contributed by atoms with Gasteiger partial charge in [0.2, 0.25) is 0 Å². The van der Waals surface area contributed by atoms with E-state index in [4.69, 9.17) is 4.42 Å². The van der Waals surface area contributed by atoms with Crippen LogP contribution in [-0.4, -0.2) is 15.8 Å². The molecule has 3 aliphatic heterocycles. The van der Waals surface area contributed by atoms with Crippen molar-refractivity contribution in [3.05, 3.63) is 380 Å². The van der Waals surface area contributed by atoms with Crippen LogP contribution in [-0.2, 0) is 27.1 Å². The summed E-state index contributed by atoms with van der Waals surface area (Å²) in [6, 6.07) is 136. The molecule has 5 nitrogen and oxygen atoms in total. The van der Waals surface area contributed by atoms with Crippen LogP contribution >= 0.6 is 0 Å². The van der Waals surface area contributed by atoms with Crippen molar-refractivity contribution in [2.45, 2.75) is 131 Å². The van der Waals surface area contributed by atoms with E-state index in [9.17, 15) is 0 Å². The van der Waals surface area contributed by atoms with Crippen LogP contribution in [0, 0.1) is 0 Å². The summed E-state index contributed by atoms with van der Waals surface area (Å²) in [5.74, 6) is 0. The molecule has 0 spiro atoms. The van der Waals surface area contributed by atoms with Crippen molar-refractivity contribution in [3.8, 4) is 100 Å². The summed E-state index contributed by atoms with van der Waals surface area (Å²) < 4.78 is 12.0. The molecule has 13 bridgehead atoms. The number of aromatic nitrogens is 2. The second-order valence-corrected chi connectivity index (χ2v) is 41.3. The Balaban J connectivity index is 0.934. The predicted molar refractivity (Wildman–Crippen MR) is 547 cm³/mol. The fraction of sp³-hybridized carbons (Fsp3) is 0.164. The van der Waals surface area contributed by atoms with E-state index in [0.29, 0.717) is 0 Å². The highest BCUT2D eigenvalue weighted by atomic mass is 16.3. The minimum atomic E-state index is -0.418. The van der Waals surface area contributed by atoms with Gasteiger partial charge in [0.1, 0.15) is 11.2 Å². The molecule has 6 heteroatoms. The van der Waals surface area contributed by atoms with Gasteiger partial charge in [-0.05, 0) is 259 Å². The minimum absolute atomic E-state index is 0.179. The van der Waals surface area contributed by atoms with Gasteiger partial charge in [0.05, 0.1) is 33.4 Å². The molecule has 0 unspecified atom stereocenters. The summed E-state index contributed by atoms with van der Waals surface area (Å²) in [6.45, 7) is 35.4. The monoisotopic (exact) mass is 1650 g/mol. The molecule has 23 rings (SSSR count). The Kier molecular flexibility index (Phi) is 17.6. The second-order valence-electron chi connectivity index (χ2n) is 41.3. The topological polar surface area (TPSA) is 29.5 Å². The molecule has 17 aromatic carbocycles. The molecule has 0 N–H and O–H groups in total. The van der Waals surface area contributed by atoms with Gasteiger partial charge in [0, 0.05) is 88.7 Å². The van der Waals surface area contributed by atoms with Gasteiger partial charge < -0.3 is 23.4 Å². The Morgan fingerprint density at radius 1 is 0.219 bits per heavy atom. The third-order valence-electron chi connectivity index (χ3n) is 27.9. The van der Waals surface area contributed by atoms with Crippen LogP contribution < -0.4 is 26.2 Å². The molecule has 6 heterocycles. The number of furan rings is 1. The first-order valence-electron chi connectivity index (χ1n) is 45.6. The Morgan fingerprint density at radius 2 is 0.547 bits per heavy atom. The molecule has 620 valence electrons. The Hall–Kier alpha value is -14.2. The number of anilines is 6. The predicted octanol–water partition coefficient (Wildman–Crippen LogP) is 32.0. The molecule has 3 aliphatic rings. The second kappa shape index (κ2) is 28.7. The number of benzene rings is 17. The van der Waals surface area contributed by atoms with Crippen LogP contribution in [0.1, 0.15) is 132 Å². The van der Waals surface area contributed by atoms with Gasteiger partial charge in [-0.25, -0.2) is 0 Å². The summed E-state index contributed by atoms with van der Waals surface area (Å²) in [5.41, 5.74) is 42.0. The van der Waals surface area contributed by atoms with Gasteiger partial charge in [-0.1, -0.05) is 334 Å². The molecular formula is C122H103BN4O. The molecule has 0 aliphatic carbocycles. The number of nitrogens with zero attached hydrogens (tertiary/aromatic N) is 4. The van der Waals surface area contributed by atoms with E-state index in [2.05, 4.69) is 475 Å². The zero-order valence-corrected chi connectivity index (χ0v) is 75.8. The lowest BCUT2D eigenvalue weighted by Gasteiger charge is -2.47. The molecule has 0 fully saturated rings. The van der Waals surface area contributed by atoms with E-state index < -0.39 is 5.41 Å². The quantitative estimate of drug-likeness (QED) is 0.155. The van der Waals surface area contributed by atoms with Crippen LogP contribution in [0.4, 0.5) is 34.1 Å². The molecule has 0 atom stereocenters. The van der Waals surface area contributed by atoms with Crippen LogP contribution in [0.15, 0.2) is 356 Å². The number of hydrogen-bond acceptors (Lipinski definition) is 3. The maximum atomic E-state index is 6.91. The van der Waals surface area contributed by atoms with Crippen molar-refractivity contribution >= 4 is 123 Å². The van der Waals surface area contributed by atoms with E-state index in [0.717, 1.165) is 156 Å². The van der Waals surface area contributed by atoms with Gasteiger partial charge in [0.25, 0.3) is 6.71 Å². The van der Waals surface area contributed by atoms with Crippen LogP contribution in [0.2, 0.25) is 0 Å². The molecule has 0 saturated heterocycles. The van der Waals surface area contributed by atoms with E-state index in [1.807, 2.05) is 0 Å². The summed E-state index contributed by atoms with van der Waals surface area (Å²) in [7, 11) is 0. The largest absolute Gasteiger partial charge is 0.456 e. The van der Waals surface area contributed by atoms with Crippen molar-refractivity contribution in [1.29, 1.82) is 0 Å². The lowest BCUT2D eigenvalue weighted by atomic mass is 9.33. The fourth-order valence-electron chi connectivity index (χ4n) is 21.1. The number of fused-ring (bicyclic) bond motifs is 26. The van der Waals surface area contributed by atoms with Crippen LogP contribution in [0.5, 0.6) is 0 Å². The average Bonchev–Trinajstić information content (AvgIpc) is 0.783. The van der Waals surface area contributed by atoms with E-state index >= 15 is 0 Å². The summed E-state index contributed by atoms with van der Waals surface area (Å²) >= 11 is 0. The highest BCUT2D eigenvalue weighted by molar-refractivity contribution is 7.00. The van der Waals surface area contributed by atoms with E-state index in [1.54, 1.807) is 0 Å². The summed E-state index contributed by atoms with van der Waals surface area (Å²) in [5, 5.41) is 7.01. The Labute approximate surface area is 752 Å². The first-order chi connectivity index (χ1) is 61.6. The number of hydrogen-bond donors (Lipinski definition) is 0. The smallest absolute Gasteiger partial charge is 0.252 e. The van der Waals surface area contributed by atoms with Gasteiger partial charge >= 0.3 is 0 Å². The minimum Gasteiger partial charge on any atom is -0.456 e. The maximum absolute atomic E-state index is 6.91. The van der Waals surface area contributed by atoms with Gasteiger partial charge in [0.15, 0.2) is 0 Å². The molecule has 0 radical (unpaired) electrons. The normalized spacial score (nSPS) is 13.2. The number of para-hydroxylation sites is 2. The van der Waals surface area contributed by atoms with E-state index in [-0.39, 0.29) is 28.4 Å². The summed E-state index contributed by atoms with van der Waals surface area (Å²) in [4.78, 5) is 5.59. The van der Waals surface area contributed by atoms with Gasteiger partial charge in [-0.3, -0.25) is 0 Å². The standard InChI is InChI=1S/C122H103BN4O/c1-118(2,3)84-42-28-40-82(62-84)97-68-86(120(7,8)9)66-95-80-38-26-36-76(60-80)78-52-58-111-99(64-78)100-65-79(53-59-112(100)128-111)77-37-27-39-81(61-77)96-67-87(121(10,11)12)69-98(83-41-29-43-85(63-83)119(4,5)6)117(96)127-108-73-90(125-104-49-25-23-45-94(104)114-92(47-31-51-106(114)125)75-34-20-17-21-35-75)55-57-102(108)123-101-56-54-89(72-107(101)126(116(95)97)109-70-88(122(13,14)15)71-110(127)115(109)123)124-103-48-24-22-44-93(103)113-91(46-30-50-105(113)124)74-32-18-16-19-33-74/h16-73H,1-15H3.